The maximum Gasteiger partial charge on any atom is 0.217 e. The first kappa shape index (κ1) is 18.6. The summed E-state index contributed by atoms with van der Waals surface area (Å²) in [6, 6.07) is 14.9. The average Bonchev–Trinajstić information content (AvgIpc) is 3.50. The van der Waals surface area contributed by atoms with E-state index in [-0.39, 0.29) is 5.91 Å². The van der Waals surface area contributed by atoms with Crippen molar-refractivity contribution in [3.63, 3.8) is 0 Å². The van der Waals surface area contributed by atoms with Crippen LogP contribution in [0.2, 0.25) is 0 Å². The number of carbonyl (C=O) groups excluding carboxylic acids is 1. The number of nitrogens with zero attached hydrogens (tertiary/aromatic N) is 1. The fourth-order valence-corrected chi connectivity index (χ4v) is 3.86. The highest BCUT2D eigenvalue weighted by atomic mass is 16.1. The lowest BCUT2D eigenvalue weighted by Gasteiger charge is -2.17. The van der Waals surface area contributed by atoms with E-state index in [1.54, 1.807) is 0 Å². The second-order valence-electron chi connectivity index (χ2n) is 7.95. The van der Waals surface area contributed by atoms with Crippen LogP contribution in [0.5, 0.6) is 0 Å². The predicted octanol–water partition coefficient (Wildman–Crippen LogP) is 4.04. The molecule has 1 aromatic heterocycles. The Balaban J connectivity index is 1.91. The quantitative estimate of drug-likeness (QED) is 0.656. The first-order valence-electron chi connectivity index (χ1n) is 10.0. The van der Waals surface area contributed by atoms with E-state index >= 15 is 0 Å². The Morgan fingerprint density at radius 1 is 1.14 bits per heavy atom. The molecule has 0 bridgehead atoms. The van der Waals surface area contributed by atoms with Gasteiger partial charge in [-0.15, -0.1) is 0 Å². The van der Waals surface area contributed by atoms with Crippen molar-refractivity contribution in [3.05, 3.63) is 64.8 Å². The molecule has 0 radical (unpaired) electrons. The summed E-state index contributed by atoms with van der Waals surface area (Å²) < 4.78 is 0. The number of carbonyl (C=O) groups is 1. The normalized spacial score (nSPS) is 13.8. The molecule has 0 unspecified atom stereocenters. The van der Waals surface area contributed by atoms with Crippen molar-refractivity contribution in [2.75, 3.05) is 0 Å². The number of aromatic nitrogens is 1. The summed E-state index contributed by atoms with van der Waals surface area (Å²) in [7, 11) is 0. The third-order valence-electron chi connectivity index (χ3n) is 5.62. The number of amides is 1. The zero-order valence-corrected chi connectivity index (χ0v) is 16.4. The van der Waals surface area contributed by atoms with Gasteiger partial charge in [0.05, 0.1) is 5.52 Å². The standard InChI is InChI=1S/C24H27N3O/c1-15-2-8-18(9-3-15)24-19-12-16(7-11-23(26)28)6-10-21(19)27-22(20(24)14-25)13-17-4-5-17/h2-3,6,8-10,12,17H,4-5,7,11,13-14,25H2,1H3,(H2,26,28). The second-order valence-corrected chi connectivity index (χ2v) is 7.95. The Morgan fingerprint density at radius 2 is 1.89 bits per heavy atom. The zero-order chi connectivity index (χ0) is 19.7. The van der Waals surface area contributed by atoms with Gasteiger partial charge in [0.2, 0.25) is 5.91 Å². The maximum atomic E-state index is 11.2. The Hall–Kier alpha value is -2.72. The third kappa shape index (κ3) is 3.92. The molecule has 1 fully saturated rings. The van der Waals surface area contributed by atoms with Crippen molar-refractivity contribution in [1.82, 2.24) is 4.98 Å². The van der Waals surface area contributed by atoms with Crippen LogP contribution in [0.4, 0.5) is 0 Å². The van der Waals surface area contributed by atoms with Gasteiger partial charge in [0.15, 0.2) is 0 Å². The van der Waals surface area contributed by atoms with Crippen LogP contribution in [0, 0.1) is 12.8 Å². The van der Waals surface area contributed by atoms with Crippen LogP contribution in [0.25, 0.3) is 22.0 Å². The molecule has 0 atom stereocenters. The molecule has 1 aliphatic rings. The number of pyridine rings is 1. The number of fused-ring (bicyclic) bond motifs is 1. The second kappa shape index (κ2) is 7.72. The monoisotopic (exact) mass is 373 g/mol. The van der Waals surface area contributed by atoms with E-state index < -0.39 is 0 Å². The molecule has 144 valence electrons. The van der Waals surface area contributed by atoms with Gasteiger partial charge >= 0.3 is 0 Å². The van der Waals surface area contributed by atoms with Crippen LogP contribution < -0.4 is 11.5 Å². The molecule has 1 heterocycles. The number of hydrogen-bond donors (Lipinski definition) is 2. The molecule has 2 aromatic carbocycles. The highest BCUT2D eigenvalue weighted by molar-refractivity contribution is 5.97. The first-order valence-corrected chi connectivity index (χ1v) is 10.0. The third-order valence-corrected chi connectivity index (χ3v) is 5.62. The summed E-state index contributed by atoms with van der Waals surface area (Å²) in [5.41, 5.74) is 19.5. The highest BCUT2D eigenvalue weighted by Gasteiger charge is 2.25. The Bertz CT molecular complexity index is 1020. The molecule has 0 aliphatic heterocycles. The van der Waals surface area contributed by atoms with Crippen LogP contribution in [0.15, 0.2) is 42.5 Å². The van der Waals surface area contributed by atoms with Crippen molar-refractivity contribution in [3.8, 4) is 11.1 Å². The molecule has 0 saturated heterocycles. The van der Waals surface area contributed by atoms with Gasteiger partial charge in [0.25, 0.3) is 0 Å². The van der Waals surface area contributed by atoms with E-state index in [0.29, 0.717) is 19.4 Å². The Morgan fingerprint density at radius 3 is 2.54 bits per heavy atom. The van der Waals surface area contributed by atoms with E-state index in [2.05, 4.69) is 49.4 Å². The first-order chi connectivity index (χ1) is 13.5. The predicted molar refractivity (Wildman–Crippen MR) is 114 cm³/mol. The van der Waals surface area contributed by atoms with Crippen molar-refractivity contribution in [2.24, 2.45) is 17.4 Å². The molecular formula is C24H27N3O. The van der Waals surface area contributed by atoms with Gasteiger partial charge in [-0.1, -0.05) is 35.9 Å². The molecule has 3 aromatic rings. The molecule has 4 nitrogen and oxygen atoms in total. The van der Waals surface area contributed by atoms with Crippen LogP contribution in [-0.4, -0.2) is 10.9 Å². The molecule has 4 rings (SSSR count). The largest absolute Gasteiger partial charge is 0.370 e. The zero-order valence-electron chi connectivity index (χ0n) is 16.4. The van der Waals surface area contributed by atoms with Crippen molar-refractivity contribution < 1.29 is 4.79 Å². The minimum atomic E-state index is -0.278. The van der Waals surface area contributed by atoms with E-state index in [1.165, 1.54) is 29.5 Å². The summed E-state index contributed by atoms with van der Waals surface area (Å²) in [5.74, 6) is 0.468. The van der Waals surface area contributed by atoms with Gasteiger partial charge in [0.1, 0.15) is 0 Å². The number of benzene rings is 2. The SMILES string of the molecule is Cc1ccc(-c2c(CN)c(CC3CC3)nc3ccc(CCC(N)=O)cc23)cc1. The maximum absolute atomic E-state index is 11.2. The number of hydrogen-bond acceptors (Lipinski definition) is 3. The molecule has 4 N–H and O–H groups in total. The summed E-state index contributed by atoms with van der Waals surface area (Å²) in [6.07, 6.45) is 4.57. The number of aryl methyl sites for hydroxylation is 2. The lowest BCUT2D eigenvalue weighted by atomic mass is 9.91. The molecule has 4 heteroatoms. The molecule has 0 spiro atoms. The van der Waals surface area contributed by atoms with E-state index in [4.69, 9.17) is 16.5 Å². The van der Waals surface area contributed by atoms with E-state index in [1.807, 2.05) is 0 Å². The molecule has 1 amide bonds. The Labute approximate surface area is 166 Å². The van der Waals surface area contributed by atoms with Crippen molar-refractivity contribution in [2.45, 2.75) is 45.6 Å². The Kier molecular flexibility index (Phi) is 5.14. The van der Waals surface area contributed by atoms with Gasteiger partial charge in [0, 0.05) is 24.0 Å². The fraction of sp³-hybridized carbons (Fsp3) is 0.333. The minimum Gasteiger partial charge on any atom is -0.370 e. The summed E-state index contributed by atoms with van der Waals surface area (Å²) in [5, 5.41) is 1.10. The van der Waals surface area contributed by atoms with Gasteiger partial charge in [-0.3, -0.25) is 9.78 Å². The van der Waals surface area contributed by atoms with E-state index in [9.17, 15) is 4.79 Å². The lowest BCUT2D eigenvalue weighted by molar-refractivity contribution is -0.117. The summed E-state index contributed by atoms with van der Waals surface area (Å²) >= 11 is 0. The van der Waals surface area contributed by atoms with Crippen LogP contribution in [0.1, 0.15) is 41.6 Å². The number of rotatable bonds is 7. The van der Waals surface area contributed by atoms with Crippen molar-refractivity contribution >= 4 is 16.8 Å². The summed E-state index contributed by atoms with van der Waals surface area (Å²) in [6.45, 7) is 2.57. The number of primary amides is 1. The molecular weight excluding hydrogens is 346 g/mol. The molecule has 1 saturated carbocycles. The van der Waals surface area contributed by atoms with Crippen LogP contribution in [-0.2, 0) is 24.2 Å². The van der Waals surface area contributed by atoms with Crippen LogP contribution in [0.3, 0.4) is 0 Å². The molecule has 1 aliphatic carbocycles. The minimum absolute atomic E-state index is 0.278. The topological polar surface area (TPSA) is 82.0 Å². The van der Waals surface area contributed by atoms with Crippen LogP contribution >= 0.6 is 0 Å². The average molecular weight is 374 g/mol. The smallest absolute Gasteiger partial charge is 0.217 e. The van der Waals surface area contributed by atoms with Gasteiger partial charge in [-0.25, -0.2) is 0 Å². The van der Waals surface area contributed by atoms with Gasteiger partial charge in [-0.05, 0) is 72.9 Å². The molecule has 28 heavy (non-hydrogen) atoms. The van der Waals surface area contributed by atoms with Gasteiger partial charge in [-0.2, -0.15) is 0 Å². The lowest BCUT2D eigenvalue weighted by Crippen LogP contribution is -2.11. The van der Waals surface area contributed by atoms with E-state index in [0.717, 1.165) is 40.1 Å². The van der Waals surface area contributed by atoms with Crippen molar-refractivity contribution in [1.29, 1.82) is 0 Å². The summed E-state index contributed by atoms with van der Waals surface area (Å²) in [4.78, 5) is 16.2. The number of nitrogens with two attached hydrogens (primary N) is 2. The van der Waals surface area contributed by atoms with Gasteiger partial charge < -0.3 is 11.5 Å². The highest BCUT2D eigenvalue weighted by Crippen LogP contribution is 2.38. The fourth-order valence-electron chi connectivity index (χ4n) is 3.86.